The summed E-state index contributed by atoms with van der Waals surface area (Å²) in [5, 5.41) is 9.81. The molecule has 0 bridgehead atoms. The summed E-state index contributed by atoms with van der Waals surface area (Å²) in [5.74, 6) is 0. The molecule has 4 aromatic carbocycles. The van der Waals surface area contributed by atoms with Gasteiger partial charge in [-0.2, -0.15) is 4.80 Å². The number of rotatable bonds is 5. The van der Waals surface area contributed by atoms with Gasteiger partial charge in [0.15, 0.2) is 0 Å². The number of fused-ring (bicyclic) bond motifs is 3. The summed E-state index contributed by atoms with van der Waals surface area (Å²) in [6, 6.07) is 20.6. The Morgan fingerprint density at radius 1 is 0.730 bits per heavy atom. The van der Waals surface area contributed by atoms with E-state index in [9.17, 15) is 25.9 Å². The van der Waals surface area contributed by atoms with Crippen molar-refractivity contribution >= 4 is 54.2 Å². The average molecular weight is 552 g/mol. The fourth-order valence-electron chi connectivity index (χ4n) is 3.71. The zero-order valence-corrected chi connectivity index (χ0v) is 25.4. The van der Waals surface area contributed by atoms with Gasteiger partial charge < -0.3 is 9.11 Å². The Kier molecular flexibility index (Phi) is 9.18. The third kappa shape index (κ3) is 6.40. The molecule has 5 rings (SSSR count). The molecule has 0 amide bonds. The fraction of sp³-hybridized carbons (Fsp3) is 0. The SMILES string of the molecule is O=S(=O)([O-])c1ccc2c(ccc3nn(-c4ccc(C=Cc5ccccc5)c(S(=O)(=O)[O-])c4)nc32)c1.[Na+].[Na+]. The van der Waals surface area contributed by atoms with E-state index in [2.05, 4.69) is 10.2 Å². The van der Waals surface area contributed by atoms with E-state index in [-0.39, 0.29) is 75.3 Å². The molecule has 13 heteroatoms. The second kappa shape index (κ2) is 11.5. The standard InChI is InChI=1S/C24H17N3O6S2.2Na/c28-34(29,30)20-11-12-21-18(14-20)9-13-22-24(21)26-27(25-22)19-10-8-17(23(15-19)35(31,32)33)7-6-16-4-2-1-3-5-16;;/h1-15H,(H,28,29,30)(H,31,32,33);;/q;2*+1/p-2. The van der Waals surface area contributed by atoms with Crippen LogP contribution in [0.2, 0.25) is 0 Å². The quantitative estimate of drug-likeness (QED) is 0.133. The van der Waals surface area contributed by atoms with Crippen LogP contribution < -0.4 is 59.1 Å². The van der Waals surface area contributed by atoms with Gasteiger partial charge in [0.1, 0.15) is 31.3 Å². The molecule has 0 spiro atoms. The number of hydrogen-bond donors (Lipinski definition) is 0. The summed E-state index contributed by atoms with van der Waals surface area (Å²) < 4.78 is 70.0. The van der Waals surface area contributed by atoms with Crippen molar-refractivity contribution in [2.45, 2.75) is 9.79 Å². The van der Waals surface area contributed by atoms with Crippen LogP contribution in [0.1, 0.15) is 11.1 Å². The minimum absolute atomic E-state index is 0. The zero-order valence-electron chi connectivity index (χ0n) is 19.8. The van der Waals surface area contributed by atoms with Crippen molar-refractivity contribution in [3.8, 4) is 5.69 Å². The van der Waals surface area contributed by atoms with E-state index in [1.165, 1.54) is 35.1 Å². The number of hydrogen-bond acceptors (Lipinski definition) is 8. The Morgan fingerprint density at radius 2 is 1.46 bits per heavy atom. The molecule has 0 aliphatic heterocycles. The van der Waals surface area contributed by atoms with Crippen molar-refractivity contribution in [2.75, 3.05) is 0 Å². The third-order valence-corrected chi connectivity index (χ3v) is 7.10. The van der Waals surface area contributed by atoms with Crippen LogP contribution in [0.4, 0.5) is 0 Å². The molecule has 0 saturated carbocycles. The molecule has 1 heterocycles. The molecule has 0 N–H and O–H groups in total. The zero-order chi connectivity index (χ0) is 24.8. The van der Waals surface area contributed by atoms with Crippen molar-refractivity contribution in [1.29, 1.82) is 0 Å². The largest absolute Gasteiger partial charge is 1.00 e. The molecule has 0 saturated heterocycles. The van der Waals surface area contributed by atoms with Crippen LogP contribution in [0.5, 0.6) is 0 Å². The van der Waals surface area contributed by atoms with Gasteiger partial charge in [-0.1, -0.05) is 60.7 Å². The molecular formula is C24H15N3Na2O6S2. The molecule has 176 valence electrons. The van der Waals surface area contributed by atoms with Gasteiger partial charge in [-0.25, -0.2) is 16.8 Å². The van der Waals surface area contributed by atoms with E-state index in [1.807, 2.05) is 30.3 Å². The maximum atomic E-state index is 12.0. The molecule has 37 heavy (non-hydrogen) atoms. The molecule has 0 fully saturated rings. The summed E-state index contributed by atoms with van der Waals surface area (Å²) in [6.45, 7) is 0. The minimum Gasteiger partial charge on any atom is -0.744 e. The van der Waals surface area contributed by atoms with Gasteiger partial charge in [0.05, 0.1) is 15.5 Å². The molecule has 0 aliphatic rings. The molecule has 0 aliphatic carbocycles. The Labute approximate surface area is 257 Å². The third-order valence-electron chi connectivity index (χ3n) is 5.38. The summed E-state index contributed by atoms with van der Waals surface area (Å²) >= 11 is 0. The van der Waals surface area contributed by atoms with E-state index in [4.69, 9.17) is 0 Å². The first-order chi connectivity index (χ1) is 16.6. The van der Waals surface area contributed by atoms with Gasteiger partial charge in [0.2, 0.25) is 0 Å². The molecule has 9 nitrogen and oxygen atoms in total. The summed E-state index contributed by atoms with van der Waals surface area (Å²) in [5.41, 5.74) is 2.18. The van der Waals surface area contributed by atoms with E-state index >= 15 is 0 Å². The van der Waals surface area contributed by atoms with Crippen LogP contribution in [-0.2, 0) is 20.2 Å². The van der Waals surface area contributed by atoms with Gasteiger partial charge in [-0.05, 0) is 46.8 Å². The van der Waals surface area contributed by atoms with Crippen LogP contribution in [0.25, 0.3) is 39.6 Å². The summed E-state index contributed by atoms with van der Waals surface area (Å²) in [6.07, 6.45) is 3.25. The Balaban J connectivity index is 0.00000190. The first-order valence-corrected chi connectivity index (χ1v) is 13.0. The van der Waals surface area contributed by atoms with Crippen molar-refractivity contribution in [3.05, 3.63) is 90.0 Å². The first kappa shape index (κ1) is 29.7. The number of aromatic nitrogens is 3. The molecular weight excluding hydrogens is 536 g/mol. The van der Waals surface area contributed by atoms with Crippen LogP contribution in [0.15, 0.2) is 88.7 Å². The number of benzene rings is 4. The Hall–Kier alpha value is -1.90. The average Bonchev–Trinajstić information content (AvgIpc) is 3.27. The second-order valence-electron chi connectivity index (χ2n) is 7.68. The van der Waals surface area contributed by atoms with Crippen LogP contribution in [-0.4, -0.2) is 40.9 Å². The van der Waals surface area contributed by atoms with Crippen molar-refractivity contribution in [2.24, 2.45) is 0 Å². The predicted octanol–water partition coefficient (Wildman–Crippen LogP) is -2.44. The van der Waals surface area contributed by atoms with Crippen molar-refractivity contribution in [3.63, 3.8) is 0 Å². The van der Waals surface area contributed by atoms with Gasteiger partial charge in [-0.15, -0.1) is 10.2 Å². The first-order valence-electron chi connectivity index (χ1n) is 10.2. The van der Waals surface area contributed by atoms with Gasteiger partial charge >= 0.3 is 59.1 Å². The molecule has 0 unspecified atom stereocenters. The van der Waals surface area contributed by atoms with E-state index in [1.54, 1.807) is 30.4 Å². The fourth-order valence-corrected chi connectivity index (χ4v) is 4.90. The molecule has 5 aromatic rings. The molecule has 1 aromatic heterocycles. The Bertz CT molecular complexity index is 1860. The minimum atomic E-state index is -4.81. The van der Waals surface area contributed by atoms with Crippen molar-refractivity contribution in [1.82, 2.24) is 15.0 Å². The molecule has 0 atom stereocenters. The maximum absolute atomic E-state index is 12.0. The monoisotopic (exact) mass is 551 g/mol. The Morgan fingerprint density at radius 3 is 2.14 bits per heavy atom. The summed E-state index contributed by atoms with van der Waals surface area (Å²) in [4.78, 5) is 0.418. The second-order valence-corrected chi connectivity index (χ2v) is 10.4. The maximum Gasteiger partial charge on any atom is 1.00 e. The molecule has 0 radical (unpaired) electrons. The van der Waals surface area contributed by atoms with E-state index < -0.39 is 25.1 Å². The topological polar surface area (TPSA) is 145 Å². The van der Waals surface area contributed by atoms with E-state index in [0.29, 0.717) is 21.8 Å². The van der Waals surface area contributed by atoms with Gasteiger partial charge in [-0.3, -0.25) is 0 Å². The van der Waals surface area contributed by atoms with Gasteiger partial charge in [0, 0.05) is 5.39 Å². The smallest absolute Gasteiger partial charge is 0.744 e. The predicted molar refractivity (Wildman–Crippen MR) is 128 cm³/mol. The van der Waals surface area contributed by atoms with Crippen LogP contribution >= 0.6 is 0 Å². The van der Waals surface area contributed by atoms with Crippen LogP contribution in [0.3, 0.4) is 0 Å². The van der Waals surface area contributed by atoms with Crippen LogP contribution in [0, 0.1) is 0 Å². The number of nitrogens with zero attached hydrogens (tertiary/aromatic N) is 3. The summed E-state index contributed by atoms with van der Waals surface area (Å²) in [7, 11) is -9.42. The van der Waals surface area contributed by atoms with Crippen molar-refractivity contribution < 1.29 is 85.1 Å². The van der Waals surface area contributed by atoms with Gasteiger partial charge in [0.25, 0.3) is 0 Å². The normalized spacial score (nSPS) is 11.9. The van der Waals surface area contributed by atoms with E-state index in [0.717, 1.165) is 5.56 Å².